The monoisotopic (exact) mass is 500 g/mol. The third-order valence-electron chi connectivity index (χ3n) is 4.71. The number of thioether (sulfide) groups is 1. The van der Waals surface area contributed by atoms with Crippen LogP contribution >= 0.6 is 11.8 Å². The molecular weight excluding hydrogens is 482 g/mol. The number of benzene rings is 2. The summed E-state index contributed by atoms with van der Waals surface area (Å²) in [6.45, 7) is 6.44. The first-order chi connectivity index (χ1) is 15.8. The van der Waals surface area contributed by atoms with E-state index in [4.69, 9.17) is 0 Å². The largest absolute Gasteiger partial charge is 0.573 e. The number of alkyl halides is 6. The van der Waals surface area contributed by atoms with Gasteiger partial charge in [-0.3, -0.25) is 0 Å². The molecule has 2 aromatic carbocycles. The summed E-state index contributed by atoms with van der Waals surface area (Å²) in [5.74, 6) is -1.79. The smallest absolute Gasteiger partial charge is 0.406 e. The lowest BCUT2D eigenvalue weighted by atomic mass is 9.94. The average Bonchev–Trinajstić information content (AvgIpc) is 3.18. The van der Waals surface area contributed by atoms with Crippen molar-refractivity contribution in [1.82, 2.24) is 9.78 Å². The normalized spacial score (nSPS) is 14.6. The van der Waals surface area contributed by atoms with Gasteiger partial charge in [-0.15, -0.1) is 24.9 Å². The van der Waals surface area contributed by atoms with Crippen molar-refractivity contribution >= 4 is 22.7 Å². The zero-order chi connectivity index (χ0) is 25.1. The number of nitrogens with zero attached hydrogens (tertiary/aromatic N) is 2. The number of aliphatic hydroxyl groups is 1. The van der Waals surface area contributed by atoms with Crippen molar-refractivity contribution in [3.05, 3.63) is 96.3 Å². The van der Waals surface area contributed by atoms with Gasteiger partial charge in [-0.2, -0.15) is 18.3 Å². The molecule has 0 aliphatic rings. The van der Waals surface area contributed by atoms with Gasteiger partial charge in [-0.25, -0.2) is 4.68 Å². The average molecular weight is 500 g/mol. The van der Waals surface area contributed by atoms with E-state index in [1.807, 2.05) is 6.07 Å². The Balaban J connectivity index is 1.91. The molecule has 34 heavy (non-hydrogen) atoms. The molecule has 0 saturated carbocycles. The van der Waals surface area contributed by atoms with Crippen LogP contribution in [0.15, 0.2) is 90.7 Å². The summed E-state index contributed by atoms with van der Waals surface area (Å²) in [5, 5.41) is 15.3. The highest BCUT2D eigenvalue weighted by Gasteiger charge is 2.55. The first-order valence-corrected chi connectivity index (χ1v) is 10.6. The Morgan fingerprint density at radius 3 is 2.35 bits per heavy atom. The van der Waals surface area contributed by atoms with E-state index < -0.39 is 35.2 Å². The van der Waals surface area contributed by atoms with Crippen LogP contribution in [0.4, 0.5) is 26.3 Å². The Bertz CT molecular complexity index is 1220. The van der Waals surface area contributed by atoms with Crippen molar-refractivity contribution in [3.8, 4) is 5.69 Å². The molecule has 0 bridgehead atoms. The molecule has 180 valence electrons. The summed E-state index contributed by atoms with van der Waals surface area (Å²) in [4.78, 5) is -0.102. The molecule has 1 N–H and O–H groups in total. The molecule has 4 nitrogen and oxygen atoms in total. The number of ether oxygens (including phenoxy) is 1. The van der Waals surface area contributed by atoms with Crippen molar-refractivity contribution in [2.24, 2.45) is 0 Å². The van der Waals surface area contributed by atoms with Crippen LogP contribution in [0.3, 0.4) is 0 Å². The van der Waals surface area contributed by atoms with Crippen molar-refractivity contribution in [2.45, 2.75) is 18.1 Å². The standard InChI is InChI=1S/C23H18F6N2O2S/c1-3-19(11-15(2)33-23(27,28)29)34-14-21(32,22(24,25)26)17-9-10-20-16(12-17)13-30-31(20)18-7-5-4-6-8-18/h3-13,32H,1-2,14H2/b19-11+. The third kappa shape index (κ3) is 5.65. The van der Waals surface area contributed by atoms with E-state index in [1.54, 1.807) is 28.9 Å². The number of hydrogen-bond donors (Lipinski definition) is 1. The van der Waals surface area contributed by atoms with Crippen LogP contribution in [0.25, 0.3) is 16.6 Å². The maximum Gasteiger partial charge on any atom is 0.573 e. The number of fused-ring (bicyclic) bond motifs is 1. The second kappa shape index (κ2) is 9.59. The number of hydrogen-bond acceptors (Lipinski definition) is 4. The maximum absolute atomic E-state index is 14.0. The van der Waals surface area contributed by atoms with E-state index >= 15 is 0 Å². The third-order valence-corrected chi connectivity index (χ3v) is 5.89. The maximum atomic E-state index is 14.0. The molecule has 0 saturated heterocycles. The summed E-state index contributed by atoms with van der Waals surface area (Å²) in [6.07, 6.45) is -6.89. The second-order valence-electron chi connectivity index (χ2n) is 7.08. The molecule has 0 fully saturated rings. The minimum absolute atomic E-state index is 0.102. The number of para-hydroxylation sites is 1. The molecular formula is C23H18F6N2O2S. The SMILES string of the molecule is C=C/C(=C\C(=C)OC(F)(F)F)SCC(O)(c1ccc2c(cnn2-c2ccccc2)c1)C(F)(F)F. The Morgan fingerprint density at radius 2 is 1.76 bits per heavy atom. The van der Waals surface area contributed by atoms with Gasteiger partial charge in [-0.1, -0.05) is 43.5 Å². The summed E-state index contributed by atoms with van der Waals surface area (Å²) in [6, 6.07) is 12.7. The predicted molar refractivity (Wildman–Crippen MR) is 118 cm³/mol. The quantitative estimate of drug-likeness (QED) is 0.214. The van der Waals surface area contributed by atoms with Crippen LogP contribution in [0.5, 0.6) is 0 Å². The molecule has 0 amide bonds. The Hall–Kier alpha value is -3.18. The predicted octanol–water partition coefficient (Wildman–Crippen LogP) is 6.63. The minimum Gasteiger partial charge on any atom is -0.406 e. The van der Waals surface area contributed by atoms with E-state index in [2.05, 4.69) is 23.0 Å². The zero-order valence-corrected chi connectivity index (χ0v) is 18.2. The zero-order valence-electron chi connectivity index (χ0n) is 17.4. The fourth-order valence-corrected chi connectivity index (χ4v) is 4.12. The highest BCUT2D eigenvalue weighted by molar-refractivity contribution is 8.03. The van der Waals surface area contributed by atoms with Crippen LogP contribution in [-0.2, 0) is 10.3 Å². The molecule has 11 heteroatoms. The van der Waals surface area contributed by atoms with Gasteiger partial charge in [0, 0.05) is 16.0 Å². The van der Waals surface area contributed by atoms with E-state index in [0.717, 1.165) is 18.2 Å². The van der Waals surface area contributed by atoms with Gasteiger partial charge in [-0.05, 0) is 35.9 Å². The van der Waals surface area contributed by atoms with Crippen molar-refractivity contribution in [3.63, 3.8) is 0 Å². The topological polar surface area (TPSA) is 47.3 Å². The lowest BCUT2D eigenvalue weighted by molar-refractivity contribution is -0.303. The van der Waals surface area contributed by atoms with Crippen molar-refractivity contribution in [2.75, 3.05) is 5.75 Å². The second-order valence-corrected chi connectivity index (χ2v) is 8.13. The Morgan fingerprint density at radius 1 is 1.09 bits per heavy atom. The Labute approximate surface area is 194 Å². The van der Waals surface area contributed by atoms with Crippen LogP contribution < -0.4 is 0 Å². The van der Waals surface area contributed by atoms with Crippen LogP contribution in [-0.4, -0.2) is 33.2 Å². The van der Waals surface area contributed by atoms with Gasteiger partial charge >= 0.3 is 12.5 Å². The minimum atomic E-state index is -5.09. The van der Waals surface area contributed by atoms with Gasteiger partial charge in [0.1, 0.15) is 5.76 Å². The fourth-order valence-electron chi connectivity index (χ4n) is 3.08. The van der Waals surface area contributed by atoms with Gasteiger partial charge in [0.25, 0.3) is 0 Å². The van der Waals surface area contributed by atoms with Gasteiger partial charge in [0.15, 0.2) is 5.60 Å². The molecule has 1 heterocycles. The van der Waals surface area contributed by atoms with E-state index in [9.17, 15) is 31.4 Å². The number of halogens is 6. The van der Waals surface area contributed by atoms with Crippen LogP contribution in [0, 0.1) is 0 Å². The molecule has 0 aliphatic carbocycles. The molecule has 3 aromatic rings. The van der Waals surface area contributed by atoms with Crippen LogP contribution in [0.2, 0.25) is 0 Å². The number of rotatable bonds is 8. The molecule has 1 atom stereocenters. The summed E-state index contributed by atoms with van der Waals surface area (Å²) < 4.78 is 84.0. The summed E-state index contributed by atoms with van der Waals surface area (Å²) in [7, 11) is 0. The summed E-state index contributed by atoms with van der Waals surface area (Å²) in [5.41, 5.74) is -2.52. The number of aromatic nitrogens is 2. The van der Waals surface area contributed by atoms with E-state index in [-0.39, 0.29) is 4.91 Å². The summed E-state index contributed by atoms with van der Waals surface area (Å²) >= 11 is 0.456. The molecule has 0 aliphatic heterocycles. The molecule has 1 unspecified atom stereocenters. The highest BCUT2D eigenvalue weighted by Crippen LogP contribution is 2.43. The van der Waals surface area contributed by atoms with E-state index in [1.165, 1.54) is 18.3 Å². The number of allylic oxidation sites excluding steroid dienone is 2. The lowest BCUT2D eigenvalue weighted by Crippen LogP contribution is -2.44. The first kappa shape index (κ1) is 25.4. The first-order valence-electron chi connectivity index (χ1n) is 9.58. The van der Waals surface area contributed by atoms with Gasteiger partial charge < -0.3 is 9.84 Å². The van der Waals surface area contributed by atoms with Crippen molar-refractivity contribution in [1.29, 1.82) is 0 Å². The van der Waals surface area contributed by atoms with E-state index in [0.29, 0.717) is 28.4 Å². The highest BCUT2D eigenvalue weighted by atomic mass is 32.2. The Kier molecular flexibility index (Phi) is 7.18. The molecule has 3 rings (SSSR count). The van der Waals surface area contributed by atoms with Crippen LogP contribution in [0.1, 0.15) is 5.56 Å². The van der Waals surface area contributed by atoms with Crippen molar-refractivity contribution < 1.29 is 36.2 Å². The molecule has 0 radical (unpaired) electrons. The van der Waals surface area contributed by atoms with Gasteiger partial charge in [0.2, 0.25) is 0 Å². The fraction of sp³-hybridized carbons (Fsp3) is 0.174. The molecule has 0 spiro atoms. The molecule has 1 aromatic heterocycles. The van der Waals surface area contributed by atoms with Gasteiger partial charge in [0.05, 0.1) is 17.4 Å². The lowest BCUT2D eigenvalue weighted by Gasteiger charge is -2.31.